The molecule has 2 aromatic carbocycles. The predicted molar refractivity (Wildman–Crippen MR) is 199 cm³/mol. The van der Waals surface area contributed by atoms with Crippen molar-refractivity contribution in [3.63, 3.8) is 0 Å². The molecule has 4 aliphatic rings. The van der Waals surface area contributed by atoms with Gasteiger partial charge >= 0.3 is 0 Å². The van der Waals surface area contributed by atoms with E-state index in [0.29, 0.717) is 48.1 Å². The zero-order valence-corrected chi connectivity index (χ0v) is 30.9. The van der Waals surface area contributed by atoms with Gasteiger partial charge in [-0.1, -0.05) is 45.4 Å². The van der Waals surface area contributed by atoms with Crippen LogP contribution in [0.5, 0.6) is 11.5 Å². The minimum absolute atomic E-state index is 0.0762. The molecule has 266 valence electrons. The van der Waals surface area contributed by atoms with Gasteiger partial charge in [-0.3, -0.25) is 19.2 Å². The Bertz CT molecular complexity index is 1510. The maximum Gasteiger partial charge on any atom is 0.261 e. The summed E-state index contributed by atoms with van der Waals surface area (Å²) in [5.74, 6) is 3.18. The lowest BCUT2D eigenvalue weighted by Gasteiger charge is -2.46. The quantitative estimate of drug-likeness (QED) is 0.253. The third-order valence-corrected chi connectivity index (χ3v) is 12.6. The zero-order chi connectivity index (χ0) is 34.7. The highest BCUT2D eigenvalue weighted by molar-refractivity contribution is 7.98. The van der Waals surface area contributed by atoms with Crippen LogP contribution in [0.15, 0.2) is 48.6 Å². The van der Waals surface area contributed by atoms with Crippen LogP contribution in [0.25, 0.3) is 0 Å². The number of ether oxygens (including phenoxy) is 1. The summed E-state index contributed by atoms with van der Waals surface area (Å²) in [7, 11) is 0. The molecule has 2 bridgehead atoms. The first kappa shape index (κ1) is 35.6. The number of carbonyl (C=O) groups is 2. The molecule has 0 radical (unpaired) electrons. The largest absolute Gasteiger partial charge is 0.508 e. The minimum atomic E-state index is -0.0762. The van der Waals surface area contributed by atoms with Gasteiger partial charge in [0.1, 0.15) is 11.5 Å². The van der Waals surface area contributed by atoms with E-state index < -0.39 is 0 Å². The third kappa shape index (κ3) is 8.25. The Hall–Kier alpha value is -3.17. The summed E-state index contributed by atoms with van der Waals surface area (Å²) in [6.45, 7) is 16.2. The Morgan fingerprint density at radius 2 is 1.90 bits per heavy atom. The van der Waals surface area contributed by atoms with Crippen LogP contribution in [-0.4, -0.2) is 83.9 Å². The number of rotatable bonds is 6. The Kier molecular flexibility index (Phi) is 11.5. The van der Waals surface area contributed by atoms with Crippen molar-refractivity contribution in [1.82, 2.24) is 14.5 Å². The lowest BCUT2D eigenvalue weighted by molar-refractivity contribution is -0.138. The Morgan fingerprint density at radius 3 is 2.63 bits per heavy atom. The first-order valence-corrected chi connectivity index (χ1v) is 19.5. The molecular weight excluding hydrogens is 633 g/mol. The molecule has 9 heteroatoms. The summed E-state index contributed by atoms with van der Waals surface area (Å²) in [5.41, 5.74) is 4.04. The van der Waals surface area contributed by atoms with E-state index in [2.05, 4.69) is 67.4 Å². The van der Waals surface area contributed by atoms with E-state index >= 15 is 0 Å². The molecule has 3 aliphatic heterocycles. The predicted octanol–water partition coefficient (Wildman–Crippen LogP) is 6.88. The zero-order valence-electron chi connectivity index (χ0n) is 30.1. The number of piperazine rings is 1. The van der Waals surface area contributed by atoms with Gasteiger partial charge in [0, 0.05) is 55.5 Å². The Morgan fingerprint density at radius 1 is 1.06 bits per heavy atom. The number of phenolic OH excluding ortho intramolecular Hbond substituents is 1. The van der Waals surface area contributed by atoms with Crippen LogP contribution >= 0.6 is 11.9 Å². The Labute approximate surface area is 297 Å². The van der Waals surface area contributed by atoms with Crippen LogP contribution < -0.4 is 14.4 Å². The van der Waals surface area contributed by atoms with Gasteiger partial charge in [-0.05, 0) is 117 Å². The van der Waals surface area contributed by atoms with Gasteiger partial charge in [0.2, 0.25) is 5.91 Å². The molecule has 0 spiro atoms. The SMILES string of the molecule is CCCc1cc(O)ccc1[C@@H]1COc2ccc3cc2N(C1)C[C@@H]1CC[C@H]1C(CN1CCN(C(C)C)C(=O)C1)/C=C/C[C@H](C)[C@@H](C)SNC3=O. The van der Waals surface area contributed by atoms with Crippen molar-refractivity contribution in [2.45, 2.75) is 83.9 Å². The van der Waals surface area contributed by atoms with Gasteiger partial charge in [-0.15, -0.1) is 0 Å². The molecule has 2 N–H and O–H groups in total. The second kappa shape index (κ2) is 15.8. The maximum absolute atomic E-state index is 13.4. The summed E-state index contributed by atoms with van der Waals surface area (Å²) in [5, 5.41) is 10.6. The number of amides is 2. The average molecular weight is 689 g/mol. The van der Waals surface area contributed by atoms with Gasteiger partial charge < -0.3 is 19.6 Å². The molecule has 2 fully saturated rings. The third-order valence-electron chi connectivity index (χ3n) is 11.5. The normalized spacial score (nSPS) is 29.0. The lowest BCUT2D eigenvalue weighted by atomic mass is 9.66. The number of hydrogen-bond donors (Lipinski definition) is 2. The van der Waals surface area contributed by atoms with Crippen LogP contribution in [0.1, 0.15) is 87.7 Å². The number of aromatic hydroxyl groups is 1. The highest BCUT2D eigenvalue weighted by Crippen LogP contribution is 2.45. The number of fused-ring (bicyclic) bond motifs is 2. The molecule has 6 rings (SSSR count). The standard InChI is InChI=1S/C40H56N4O4S/c1-6-8-29-19-34(45)13-15-35(29)33-23-43-22-32-11-14-36(32)31(21-42-17-18-44(26(2)3)39(46)24-42)10-7-9-27(4)28(5)49-41-40(47)30-12-16-38(48-25-33)37(43)20-30/h7,10,12-13,15-16,19-20,26-28,31-33,36,45H,6,8-9,11,14,17-18,21-25H2,1-5H3,(H,41,47)/b10-7+/t27-,28+,31?,32-,33-,36-/m0/s1. The maximum atomic E-state index is 13.4. The number of nitrogens with zero attached hydrogens (tertiary/aromatic N) is 3. The number of phenols is 1. The Balaban J connectivity index is 1.32. The molecule has 49 heavy (non-hydrogen) atoms. The molecule has 2 amide bonds. The van der Waals surface area contributed by atoms with E-state index in [1.165, 1.54) is 29.5 Å². The average Bonchev–Trinajstić information content (AvgIpc) is 3.24. The fourth-order valence-electron chi connectivity index (χ4n) is 8.20. The fourth-order valence-corrected chi connectivity index (χ4v) is 8.95. The van der Waals surface area contributed by atoms with Gasteiger partial charge in [-0.2, -0.15) is 0 Å². The topological polar surface area (TPSA) is 85.3 Å². The monoisotopic (exact) mass is 688 g/mol. The van der Waals surface area contributed by atoms with Crippen molar-refractivity contribution in [3.8, 4) is 11.5 Å². The first-order chi connectivity index (χ1) is 23.6. The van der Waals surface area contributed by atoms with Crippen LogP contribution in [0, 0.1) is 23.7 Å². The lowest BCUT2D eigenvalue weighted by Crippen LogP contribution is -2.54. The number of anilines is 1. The molecule has 6 atom stereocenters. The number of allylic oxidation sites excluding steroid dienone is 1. The number of carbonyl (C=O) groups excluding carboxylic acids is 2. The van der Waals surface area contributed by atoms with E-state index in [0.717, 1.165) is 69.8 Å². The van der Waals surface area contributed by atoms with Gasteiger partial charge in [-0.25, -0.2) is 0 Å². The second-order valence-corrected chi connectivity index (χ2v) is 16.4. The number of aryl methyl sites for hydroxylation is 1. The van der Waals surface area contributed by atoms with E-state index in [9.17, 15) is 14.7 Å². The van der Waals surface area contributed by atoms with Gasteiger partial charge in [0.25, 0.3) is 5.91 Å². The van der Waals surface area contributed by atoms with Crippen molar-refractivity contribution < 1.29 is 19.4 Å². The highest BCUT2D eigenvalue weighted by atomic mass is 32.2. The second-order valence-electron chi connectivity index (χ2n) is 15.2. The number of hydrogen-bond acceptors (Lipinski definition) is 7. The molecule has 1 saturated carbocycles. The van der Waals surface area contributed by atoms with Crippen LogP contribution in [0.3, 0.4) is 0 Å². The number of nitrogens with one attached hydrogen (secondary N) is 1. The van der Waals surface area contributed by atoms with Crippen LogP contribution in [0.2, 0.25) is 0 Å². The van der Waals surface area contributed by atoms with Crippen molar-refractivity contribution in [3.05, 3.63) is 65.2 Å². The fraction of sp³-hybridized carbons (Fsp3) is 0.600. The molecule has 3 heterocycles. The van der Waals surface area contributed by atoms with E-state index in [1.807, 2.05) is 29.2 Å². The highest BCUT2D eigenvalue weighted by Gasteiger charge is 2.40. The smallest absolute Gasteiger partial charge is 0.261 e. The van der Waals surface area contributed by atoms with Crippen LogP contribution in [-0.2, 0) is 11.2 Å². The van der Waals surface area contributed by atoms with E-state index in [-0.39, 0.29) is 29.0 Å². The molecule has 2 aromatic rings. The van der Waals surface area contributed by atoms with Gasteiger partial charge in [0.15, 0.2) is 0 Å². The van der Waals surface area contributed by atoms with Crippen molar-refractivity contribution in [2.24, 2.45) is 23.7 Å². The summed E-state index contributed by atoms with van der Waals surface area (Å²) in [6, 6.07) is 11.9. The van der Waals surface area contributed by atoms with E-state index in [1.54, 1.807) is 6.07 Å². The van der Waals surface area contributed by atoms with Crippen molar-refractivity contribution >= 4 is 29.4 Å². The molecule has 8 nitrogen and oxygen atoms in total. The number of benzene rings is 2. The first-order valence-electron chi connectivity index (χ1n) is 18.6. The molecular formula is C40H56N4O4S. The minimum Gasteiger partial charge on any atom is -0.508 e. The molecule has 0 aromatic heterocycles. The summed E-state index contributed by atoms with van der Waals surface area (Å²) >= 11 is 1.51. The molecule has 1 unspecified atom stereocenters. The van der Waals surface area contributed by atoms with Crippen LogP contribution in [0.4, 0.5) is 5.69 Å². The van der Waals surface area contributed by atoms with E-state index in [4.69, 9.17) is 4.74 Å². The summed E-state index contributed by atoms with van der Waals surface area (Å²) < 4.78 is 9.69. The summed E-state index contributed by atoms with van der Waals surface area (Å²) in [6.07, 6.45) is 10.0. The summed E-state index contributed by atoms with van der Waals surface area (Å²) in [4.78, 5) is 33.4. The molecule has 1 aliphatic carbocycles. The van der Waals surface area contributed by atoms with Crippen molar-refractivity contribution in [2.75, 3.05) is 50.8 Å². The van der Waals surface area contributed by atoms with Gasteiger partial charge in [0.05, 0.1) is 18.8 Å². The van der Waals surface area contributed by atoms with Crippen molar-refractivity contribution in [1.29, 1.82) is 0 Å². The molecule has 1 saturated heterocycles.